The van der Waals surface area contributed by atoms with Gasteiger partial charge in [-0.2, -0.15) is 0 Å². The van der Waals surface area contributed by atoms with Crippen LogP contribution in [0.1, 0.15) is 19.8 Å². The van der Waals surface area contributed by atoms with Crippen molar-refractivity contribution in [1.29, 1.82) is 0 Å². The Kier molecular flexibility index (Phi) is 6.29. The molecule has 0 N–H and O–H groups in total. The van der Waals surface area contributed by atoms with Crippen molar-refractivity contribution in [3.05, 3.63) is 71.8 Å². The fourth-order valence-corrected chi connectivity index (χ4v) is 4.04. The molecule has 2 aromatic carbocycles. The van der Waals surface area contributed by atoms with Crippen LogP contribution >= 0.6 is 11.6 Å². The molecule has 0 unspecified atom stereocenters. The van der Waals surface area contributed by atoms with E-state index in [9.17, 15) is 4.79 Å². The van der Waals surface area contributed by atoms with Gasteiger partial charge in [-0.25, -0.2) is 0 Å². The van der Waals surface area contributed by atoms with Crippen molar-refractivity contribution in [2.45, 2.75) is 19.8 Å². The van der Waals surface area contributed by atoms with Gasteiger partial charge in [-0.1, -0.05) is 41.9 Å². The van der Waals surface area contributed by atoms with E-state index >= 15 is 0 Å². The van der Waals surface area contributed by atoms with Gasteiger partial charge in [0.2, 0.25) is 5.91 Å². The molecule has 154 valence electrons. The van der Waals surface area contributed by atoms with E-state index in [1.54, 1.807) is 0 Å². The fraction of sp³-hybridized carbons (Fsp3) is 0.292. The molecular formula is C24H25ClN4O. The van der Waals surface area contributed by atoms with Gasteiger partial charge in [0.25, 0.3) is 0 Å². The van der Waals surface area contributed by atoms with Crippen molar-refractivity contribution < 1.29 is 4.79 Å². The van der Waals surface area contributed by atoms with Gasteiger partial charge in [0.15, 0.2) is 5.82 Å². The van der Waals surface area contributed by atoms with E-state index in [2.05, 4.69) is 15.1 Å². The van der Waals surface area contributed by atoms with E-state index in [1.165, 1.54) is 0 Å². The van der Waals surface area contributed by atoms with Gasteiger partial charge in [-0.3, -0.25) is 4.79 Å². The smallest absolute Gasteiger partial charge is 0.230 e. The van der Waals surface area contributed by atoms with Gasteiger partial charge in [-0.05, 0) is 56.2 Å². The SMILES string of the molecule is CCN(C(=O)C1CCN(c2ccc(-c3ccc(Cl)cc3)nn2)CC1)c1ccccc1. The van der Waals surface area contributed by atoms with Crippen molar-refractivity contribution in [2.75, 3.05) is 29.4 Å². The Morgan fingerprint density at radius 2 is 1.70 bits per heavy atom. The van der Waals surface area contributed by atoms with Crippen LogP contribution in [0.5, 0.6) is 0 Å². The molecule has 5 nitrogen and oxygen atoms in total. The molecule has 0 atom stereocenters. The predicted octanol–water partition coefficient (Wildman–Crippen LogP) is 5.07. The highest BCUT2D eigenvalue weighted by Crippen LogP contribution is 2.26. The molecule has 4 rings (SSSR count). The van der Waals surface area contributed by atoms with Gasteiger partial charge in [-0.15, -0.1) is 10.2 Å². The molecule has 0 saturated carbocycles. The summed E-state index contributed by atoms with van der Waals surface area (Å²) in [7, 11) is 0. The zero-order valence-corrected chi connectivity index (χ0v) is 17.8. The lowest BCUT2D eigenvalue weighted by Gasteiger charge is -2.34. The van der Waals surface area contributed by atoms with Crippen LogP contribution < -0.4 is 9.80 Å². The fourth-order valence-electron chi connectivity index (χ4n) is 3.92. The second kappa shape index (κ2) is 9.26. The second-order valence-electron chi connectivity index (χ2n) is 7.46. The van der Waals surface area contributed by atoms with E-state index in [4.69, 9.17) is 11.6 Å². The monoisotopic (exact) mass is 420 g/mol. The predicted molar refractivity (Wildman–Crippen MR) is 122 cm³/mol. The summed E-state index contributed by atoms with van der Waals surface area (Å²) >= 11 is 5.95. The van der Waals surface area contributed by atoms with Crippen molar-refractivity contribution >= 4 is 29.0 Å². The molecule has 0 radical (unpaired) electrons. The first-order chi connectivity index (χ1) is 14.7. The molecule has 1 aliphatic rings. The Morgan fingerprint density at radius 1 is 1.00 bits per heavy atom. The van der Waals surface area contributed by atoms with Gasteiger partial charge >= 0.3 is 0 Å². The topological polar surface area (TPSA) is 49.3 Å². The zero-order valence-electron chi connectivity index (χ0n) is 17.0. The van der Waals surface area contributed by atoms with E-state index < -0.39 is 0 Å². The van der Waals surface area contributed by atoms with Crippen molar-refractivity contribution in [3.8, 4) is 11.3 Å². The third-order valence-electron chi connectivity index (χ3n) is 5.61. The molecule has 0 spiro atoms. The average Bonchev–Trinajstić information content (AvgIpc) is 2.81. The number of carbonyl (C=O) groups is 1. The van der Waals surface area contributed by atoms with Crippen LogP contribution in [0.15, 0.2) is 66.7 Å². The highest BCUT2D eigenvalue weighted by molar-refractivity contribution is 6.30. The highest BCUT2D eigenvalue weighted by Gasteiger charge is 2.29. The molecule has 30 heavy (non-hydrogen) atoms. The number of anilines is 2. The van der Waals surface area contributed by atoms with Gasteiger partial charge in [0.1, 0.15) is 0 Å². The minimum atomic E-state index is 0.0442. The summed E-state index contributed by atoms with van der Waals surface area (Å²) in [6, 6.07) is 21.5. The van der Waals surface area contributed by atoms with E-state index in [0.29, 0.717) is 11.6 Å². The maximum Gasteiger partial charge on any atom is 0.230 e. The van der Waals surface area contributed by atoms with Crippen LogP contribution in [0.3, 0.4) is 0 Å². The normalized spacial score (nSPS) is 14.5. The summed E-state index contributed by atoms with van der Waals surface area (Å²) in [4.78, 5) is 17.2. The maximum atomic E-state index is 13.1. The van der Waals surface area contributed by atoms with Crippen LogP contribution in [0.25, 0.3) is 11.3 Å². The van der Waals surface area contributed by atoms with Crippen LogP contribution in [0.4, 0.5) is 11.5 Å². The number of nitrogens with zero attached hydrogens (tertiary/aromatic N) is 4. The Labute approximate surface area is 182 Å². The van der Waals surface area contributed by atoms with Crippen molar-refractivity contribution in [1.82, 2.24) is 10.2 Å². The summed E-state index contributed by atoms with van der Waals surface area (Å²) in [5.41, 5.74) is 2.78. The average molecular weight is 421 g/mol. The summed E-state index contributed by atoms with van der Waals surface area (Å²) < 4.78 is 0. The number of para-hydroxylation sites is 1. The molecule has 6 heteroatoms. The van der Waals surface area contributed by atoms with Gasteiger partial charge in [0, 0.05) is 41.8 Å². The first-order valence-electron chi connectivity index (χ1n) is 10.4. The highest BCUT2D eigenvalue weighted by atomic mass is 35.5. The van der Waals surface area contributed by atoms with E-state index in [1.807, 2.05) is 78.6 Å². The van der Waals surface area contributed by atoms with Crippen LogP contribution in [-0.2, 0) is 4.79 Å². The number of rotatable bonds is 5. The first kappa shape index (κ1) is 20.4. The molecular weight excluding hydrogens is 396 g/mol. The summed E-state index contributed by atoms with van der Waals surface area (Å²) in [6.07, 6.45) is 1.64. The number of piperidine rings is 1. The Hall–Kier alpha value is -2.92. The minimum absolute atomic E-state index is 0.0442. The van der Waals surface area contributed by atoms with Crippen molar-refractivity contribution in [2.24, 2.45) is 5.92 Å². The Morgan fingerprint density at radius 3 is 2.30 bits per heavy atom. The molecule has 2 heterocycles. The third-order valence-corrected chi connectivity index (χ3v) is 5.86. The van der Waals surface area contributed by atoms with Crippen molar-refractivity contribution in [3.63, 3.8) is 0 Å². The summed E-state index contributed by atoms with van der Waals surface area (Å²) in [5.74, 6) is 1.12. The lowest BCUT2D eigenvalue weighted by atomic mass is 9.95. The molecule has 1 aliphatic heterocycles. The zero-order chi connectivity index (χ0) is 20.9. The van der Waals surface area contributed by atoms with Crippen LogP contribution in [-0.4, -0.2) is 35.7 Å². The lowest BCUT2D eigenvalue weighted by Crippen LogP contribution is -2.43. The number of aromatic nitrogens is 2. The quantitative estimate of drug-likeness (QED) is 0.578. The molecule has 3 aromatic rings. The van der Waals surface area contributed by atoms with Gasteiger partial charge in [0.05, 0.1) is 5.69 Å². The summed E-state index contributed by atoms with van der Waals surface area (Å²) in [5, 5.41) is 9.50. The number of halogens is 1. The molecule has 0 aliphatic carbocycles. The number of hydrogen-bond donors (Lipinski definition) is 0. The second-order valence-corrected chi connectivity index (χ2v) is 7.90. The van der Waals surface area contributed by atoms with E-state index in [0.717, 1.165) is 48.7 Å². The maximum absolute atomic E-state index is 13.1. The van der Waals surface area contributed by atoms with Crippen LogP contribution in [0, 0.1) is 5.92 Å². The standard InChI is InChI=1S/C24H25ClN4O/c1-2-29(21-6-4-3-5-7-21)24(30)19-14-16-28(17-15-19)23-13-12-22(26-27-23)18-8-10-20(25)11-9-18/h3-13,19H,2,14-17H2,1H3. The lowest BCUT2D eigenvalue weighted by molar-refractivity contribution is -0.122. The third kappa shape index (κ3) is 4.46. The minimum Gasteiger partial charge on any atom is -0.355 e. The largest absolute Gasteiger partial charge is 0.355 e. The number of benzene rings is 2. The summed E-state index contributed by atoms with van der Waals surface area (Å²) in [6.45, 7) is 4.31. The van der Waals surface area contributed by atoms with Crippen LogP contribution in [0.2, 0.25) is 5.02 Å². The first-order valence-corrected chi connectivity index (χ1v) is 10.7. The number of carbonyl (C=O) groups excluding carboxylic acids is 1. The molecule has 1 aromatic heterocycles. The Bertz CT molecular complexity index is 968. The van der Waals surface area contributed by atoms with Gasteiger partial charge < -0.3 is 9.80 Å². The molecule has 1 fully saturated rings. The number of amides is 1. The molecule has 1 saturated heterocycles. The molecule has 1 amide bonds. The Balaban J connectivity index is 1.38. The molecule has 0 bridgehead atoms. The number of hydrogen-bond acceptors (Lipinski definition) is 4. The van der Waals surface area contributed by atoms with E-state index in [-0.39, 0.29) is 11.8 Å².